The second-order valence-electron chi connectivity index (χ2n) is 9.94. The van der Waals surface area contributed by atoms with Gasteiger partial charge in [0.25, 0.3) is 0 Å². The maximum absolute atomic E-state index is 12.5. The van der Waals surface area contributed by atoms with Crippen LogP contribution in [0.25, 0.3) is 0 Å². The van der Waals surface area contributed by atoms with Gasteiger partial charge < -0.3 is 22.1 Å². The molecular formula is C28H32N8O2S2. The van der Waals surface area contributed by atoms with Crippen LogP contribution in [0.4, 0.5) is 10.3 Å². The van der Waals surface area contributed by atoms with Gasteiger partial charge in [-0.05, 0) is 41.5 Å². The zero-order valence-electron chi connectivity index (χ0n) is 22.0. The van der Waals surface area contributed by atoms with E-state index in [4.69, 9.17) is 11.5 Å². The Kier molecular flexibility index (Phi) is 9.22. The maximum atomic E-state index is 12.5. The first-order chi connectivity index (χ1) is 19.5. The van der Waals surface area contributed by atoms with E-state index in [9.17, 15) is 9.59 Å². The SMILES string of the molecule is NCc1ccc(CC(=O)Nc2nnc([C@H]3CCC[C@H](c4nnc(NC(=O)Cc5ccc(CN)cc5)s4)C3)s2)cc1. The number of carbonyl (C=O) groups is 2. The molecule has 1 fully saturated rings. The molecule has 0 unspecified atom stereocenters. The van der Waals surface area contributed by atoms with E-state index in [-0.39, 0.29) is 36.5 Å². The summed E-state index contributed by atoms with van der Waals surface area (Å²) in [7, 11) is 0. The number of aromatic nitrogens is 4. The van der Waals surface area contributed by atoms with E-state index in [0.717, 1.165) is 58.0 Å². The van der Waals surface area contributed by atoms with Crippen molar-refractivity contribution in [1.29, 1.82) is 0 Å². The molecule has 2 amide bonds. The summed E-state index contributed by atoms with van der Waals surface area (Å²) in [4.78, 5) is 25.0. The molecule has 2 aromatic heterocycles. The molecule has 12 heteroatoms. The van der Waals surface area contributed by atoms with E-state index in [1.165, 1.54) is 22.7 Å². The predicted octanol–water partition coefficient (Wildman–Crippen LogP) is 4.11. The summed E-state index contributed by atoms with van der Waals surface area (Å²) in [5, 5.41) is 25.9. The van der Waals surface area contributed by atoms with Crippen molar-refractivity contribution in [2.75, 3.05) is 10.6 Å². The van der Waals surface area contributed by atoms with Crippen molar-refractivity contribution in [3.63, 3.8) is 0 Å². The van der Waals surface area contributed by atoms with Crippen LogP contribution in [0.15, 0.2) is 48.5 Å². The average Bonchev–Trinajstić information content (AvgIpc) is 3.64. The first-order valence-electron chi connectivity index (χ1n) is 13.3. The van der Waals surface area contributed by atoms with Crippen molar-refractivity contribution in [2.24, 2.45) is 11.5 Å². The standard InChI is InChI=1S/C28H32N8O2S2/c29-15-19-8-4-17(5-9-19)12-23(37)31-27-35-33-25(39-27)21-2-1-3-22(14-21)26-34-36-28(40-26)32-24(38)13-18-6-10-20(16-30)11-7-18/h4-11,21-22H,1-3,12-16,29-30H2,(H,31,35,37)(H,32,36,38)/t21-,22-/m0/s1. The molecule has 0 saturated heterocycles. The minimum absolute atomic E-state index is 0.124. The Hall–Kier alpha value is -3.58. The van der Waals surface area contributed by atoms with E-state index in [2.05, 4.69) is 31.0 Å². The van der Waals surface area contributed by atoms with Crippen LogP contribution in [0.2, 0.25) is 0 Å². The highest BCUT2D eigenvalue weighted by atomic mass is 32.1. The van der Waals surface area contributed by atoms with Crippen molar-refractivity contribution in [2.45, 2.75) is 63.5 Å². The lowest BCUT2D eigenvalue weighted by atomic mass is 9.82. The normalized spacial score (nSPS) is 16.9. The van der Waals surface area contributed by atoms with E-state index < -0.39 is 0 Å². The number of anilines is 2. The second-order valence-corrected chi connectivity index (χ2v) is 12.0. The van der Waals surface area contributed by atoms with Gasteiger partial charge in [0, 0.05) is 24.9 Å². The lowest BCUT2D eigenvalue weighted by Gasteiger charge is -2.25. The van der Waals surface area contributed by atoms with E-state index in [1.807, 2.05) is 48.5 Å². The van der Waals surface area contributed by atoms with Gasteiger partial charge in [-0.1, -0.05) is 77.6 Å². The number of nitrogens with one attached hydrogen (secondary N) is 2. The Bertz CT molecular complexity index is 1330. The highest BCUT2D eigenvalue weighted by Crippen LogP contribution is 2.43. The molecule has 40 heavy (non-hydrogen) atoms. The Morgan fingerprint density at radius 2 is 1.07 bits per heavy atom. The second kappa shape index (κ2) is 13.2. The van der Waals surface area contributed by atoms with E-state index >= 15 is 0 Å². The quantitative estimate of drug-likeness (QED) is 0.219. The number of carbonyl (C=O) groups excluding carboxylic acids is 2. The summed E-state index contributed by atoms with van der Waals surface area (Å²) in [6.45, 7) is 0.953. The minimum atomic E-state index is -0.124. The lowest BCUT2D eigenvalue weighted by molar-refractivity contribution is -0.116. The van der Waals surface area contributed by atoms with Gasteiger partial charge >= 0.3 is 0 Å². The molecule has 1 aliphatic carbocycles. The van der Waals surface area contributed by atoms with Crippen LogP contribution >= 0.6 is 22.7 Å². The van der Waals surface area contributed by atoms with Crippen LogP contribution in [-0.4, -0.2) is 32.2 Å². The Morgan fingerprint density at radius 3 is 1.48 bits per heavy atom. The van der Waals surface area contributed by atoms with Crippen LogP contribution < -0.4 is 22.1 Å². The van der Waals surface area contributed by atoms with Gasteiger partial charge in [-0.25, -0.2) is 0 Å². The fourth-order valence-corrected chi connectivity index (χ4v) is 6.64. The molecule has 1 aliphatic rings. The third-order valence-electron chi connectivity index (χ3n) is 6.99. The van der Waals surface area contributed by atoms with Gasteiger partial charge in [0.2, 0.25) is 22.1 Å². The van der Waals surface area contributed by atoms with Crippen molar-refractivity contribution in [3.05, 3.63) is 80.8 Å². The van der Waals surface area contributed by atoms with Gasteiger partial charge in [-0.3, -0.25) is 9.59 Å². The number of nitrogens with two attached hydrogens (primary N) is 2. The van der Waals surface area contributed by atoms with Crippen molar-refractivity contribution < 1.29 is 9.59 Å². The third-order valence-corrected chi connectivity index (χ3v) is 9.00. The van der Waals surface area contributed by atoms with Crippen LogP contribution in [0.1, 0.15) is 69.8 Å². The molecule has 0 radical (unpaired) electrons. The number of hydrogen-bond acceptors (Lipinski definition) is 10. The fraction of sp³-hybridized carbons (Fsp3) is 0.357. The highest BCUT2D eigenvalue weighted by molar-refractivity contribution is 7.15. The number of nitrogens with zero attached hydrogens (tertiary/aromatic N) is 4. The molecular weight excluding hydrogens is 544 g/mol. The zero-order chi connectivity index (χ0) is 27.9. The lowest BCUT2D eigenvalue weighted by Crippen LogP contribution is -2.14. The summed E-state index contributed by atoms with van der Waals surface area (Å²) in [5.74, 6) is 0.231. The van der Waals surface area contributed by atoms with Crippen LogP contribution in [0.3, 0.4) is 0 Å². The molecule has 5 rings (SSSR count). The minimum Gasteiger partial charge on any atom is -0.326 e. The highest BCUT2D eigenvalue weighted by Gasteiger charge is 2.29. The summed E-state index contributed by atoms with van der Waals surface area (Å²) in [6.07, 6.45) is 4.47. The third kappa shape index (κ3) is 7.33. The molecule has 2 heterocycles. The molecule has 0 bridgehead atoms. The monoisotopic (exact) mass is 576 g/mol. The summed E-state index contributed by atoms with van der Waals surface area (Å²) in [6, 6.07) is 15.4. The predicted molar refractivity (Wildman–Crippen MR) is 157 cm³/mol. The fourth-order valence-electron chi connectivity index (χ4n) is 4.82. The molecule has 4 aromatic rings. The summed E-state index contributed by atoms with van der Waals surface area (Å²) < 4.78 is 0. The van der Waals surface area contributed by atoms with Crippen LogP contribution in [0, 0.1) is 0 Å². The Balaban J connectivity index is 1.13. The van der Waals surface area contributed by atoms with E-state index in [1.54, 1.807) is 0 Å². The number of hydrogen-bond donors (Lipinski definition) is 4. The first kappa shape index (κ1) is 28.0. The topological polar surface area (TPSA) is 162 Å². The van der Waals surface area contributed by atoms with Gasteiger partial charge in [-0.15, -0.1) is 20.4 Å². The summed E-state index contributed by atoms with van der Waals surface area (Å²) in [5.41, 5.74) is 15.2. The molecule has 0 spiro atoms. The molecule has 208 valence electrons. The van der Waals surface area contributed by atoms with Gasteiger partial charge in [0.1, 0.15) is 10.0 Å². The molecule has 0 aliphatic heterocycles. The number of amides is 2. The van der Waals surface area contributed by atoms with Gasteiger partial charge in [0.05, 0.1) is 12.8 Å². The van der Waals surface area contributed by atoms with Crippen molar-refractivity contribution in [1.82, 2.24) is 20.4 Å². The van der Waals surface area contributed by atoms with Crippen molar-refractivity contribution in [3.8, 4) is 0 Å². The zero-order valence-corrected chi connectivity index (χ0v) is 23.6. The van der Waals surface area contributed by atoms with Gasteiger partial charge in [-0.2, -0.15) is 0 Å². The number of benzene rings is 2. The smallest absolute Gasteiger partial charge is 0.230 e. The Morgan fingerprint density at radius 1 is 0.675 bits per heavy atom. The molecule has 6 N–H and O–H groups in total. The average molecular weight is 577 g/mol. The number of rotatable bonds is 10. The molecule has 1 saturated carbocycles. The summed E-state index contributed by atoms with van der Waals surface area (Å²) >= 11 is 2.86. The molecule has 10 nitrogen and oxygen atoms in total. The first-order valence-corrected chi connectivity index (χ1v) is 14.9. The molecule has 2 atom stereocenters. The van der Waals surface area contributed by atoms with Crippen molar-refractivity contribution >= 4 is 44.8 Å². The molecule has 2 aromatic carbocycles. The Labute approximate surface area is 240 Å². The van der Waals surface area contributed by atoms with Crippen LogP contribution in [0.5, 0.6) is 0 Å². The van der Waals surface area contributed by atoms with E-state index in [0.29, 0.717) is 23.4 Å². The van der Waals surface area contributed by atoms with Gasteiger partial charge in [0.15, 0.2) is 0 Å². The van der Waals surface area contributed by atoms with Crippen LogP contribution in [-0.2, 0) is 35.5 Å². The maximum Gasteiger partial charge on any atom is 0.230 e. The largest absolute Gasteiger partial charge is 0.326 e.